The standard InChI is InChI=1S/C80H65N/c1-6-9-39-69-59(5)78(61-32-17-13-18-33-61,75-46-26-22-41-70(69)75)64-49-53-66(54-50-64)81(57-30-29-38-60(31-8-3)79(62-36-19-14-20-37-62)73(44-10-7-2)58(4)68-40-21-25-45-74(68)79)67-55-51-65(52-56-67)80(63-34-15-11-12-16-35-63)76-47-27-23-42-71(76)72-43-24-28-48-77(72)80/h8,10-11,13-15,17-28,30,32-34,36-38,40-56H,7,35,39,57H2,1-5H3/b44-10-. The molecule has 0 aliphatic heterocycles. The Kier molecular flexibility index (Phi) is 14.3. The Morgan fingerprint density at radius 2 is 1.12 bits per heavy atom. The molecule has 2 atom stereocenters. The van der Waals surface area contributed by atoms with Crippen LogP contribution < -0.4 is 4.90 Å². The normalized spacial score (nSPS) is 17.7. The molecule has 0 N–H and O–H groups in total. The molecule has 1 heteroatoms. The molecule has 390 valence electrons. The molecular weight excluding hydrogens is 975 g/mol. The third-order valence-electron chi connectivity index (χ3n) is 17.4. The van der Waals surface area contributed by atoms with Gasteiger partial charge in [-0.2, -0.15) is 0 Å². The molecule has 8 aromatic rings. The van der Waals surface area contributed by atoms with E-state index >= 15 is 0 Å². The number of allylic oxidation sites excluding steroid dienone is 11. The van der Waals surface area contributed by atoms with Crippen molar-refractivity contribution in [3.05, 3.63) is 344 Å². The monoisotopic (exact) mass is 1040 g/mol. The lowest BCUT2D eigenvalue weighted by molar-refractivity contribution is 0.730. The molecule has 0 aromatic heterocycles. The van der Waals surface area contributed by atoms with E-state index in [1.165, 1.54) is 94.6 Å². The second kappa shape index (κ2) is 22.3. The highest BCUT2D eigenvalue weighted by Crippen LogP contribution is 2.59. The van der Waals surface area contributed by atoms with Crippen LogP contribution >= 0.6 is 0 Å². The van der Waals surface area contributed by atoms with Crippen molar-refractivity contribution in [1.82, 2.24) is 0 Å². The van der Waals surface area contributed by atoms with Gasteiger partial charge in [0.05, 0.1) is 16.2 Å². The van der Waals surface area contributed by atoms with Gasteiger partial charge in [-0.1, -0.05) is 231 Å². The predicted octanol–water partition coefficient (Wildman–Crippen LogP) is 19.1. The molecule has 4 aliphatic rings. The first kappa shape index (κ1) is 52.1. The highest BCUT2D eigenvalue weighted by atomic mass is 15.1. The van der Waals surface area contributed by atoms with Crippen molar-refractivity contribution in [3.8, 4) is 34.8 Å². The number of hydrogen-bond acceptors (Lipinski definition) is 1. The molecule has 0 bridgehead atoms. The molecule has 0 saturated heterocycles. The Hall–Kier alpha value is -9.58. The van der Waals surface area contributed by atoms with Crippen LogP contribution in [-0.2, 0) is 16.2 Å². The Labute approximate surface area is 480 Å². The van der Waals surface area contributed by atoms with Crippen molar-refractivity contribution in [2.24, 2.45) is 0 Å². The summed E-state index contributed by atoms with van der Waals surface area (Å²) in [6, 6.07) is 76.5. The number of anilines is 2. The van der Waals surface area contributed by atoms with Crippen LogP contribution in [0.5, 0.6) is 0 Å². The first-order valence-electron chi connectivity index (χ1n) is 28.6. The lowest BCUT2D eigenvalue weighted by Crippen LogP contribution is -2.30. The Bertz CT molecular complexity index is 4130. The van der Waals surface area contributed by atoms with Gasteiger partial charge in [-0.25, -0.2) is 0 Å². The van der Waals surface area contributed by atoms with Gasteiger partial charge in [0, 0.05) is 36.3 Å². The topological polar surface area (TPSA) is 3.24 Å². The van der Waals surface area contributed by atoms with Gasteiger partial charge in [0.25, 0.3) is 0 Å². The van der Waals surface area contributed by atoms with E-state index in [2.05, 4.69) is 317 Å². The highest BCUT2D eigenvalue weighted by molar-refractivity contribution is 5.89. The van der Waals surface area contributed by atoms with Gasteiger partial charge >= 0.3 is 0 Å². The minimum atomic E-state index is -0.600. The summed E-state index contributed by atoms with van der Waals surface area (Å²) in [6.45, 7) is 11.4. The SMILES string of the molecule is CC#CCC1=C(C)C(c2ccccc2)(c2ccc(N(CC=C=CC(=C=CC)C3(c4ccccc4)C(/C=C\CC)=C(C)c4ccccc43)c3ccc(C4(C5=CC=CC#CC5)c5ccccc5-c5ccccc54)cc3)cc2)c2ccccc21. The second-order valence-corrected chi connectivity index (χ2v) is 21.3. The smallest absolute Gasteiger partial charge is 0.0788 e. The zero-order valence-corrected chi connectivity index (χ0v) is 47.0. The van der Waals surface area contributed by atoms with E-state index in [4.69, 9.17) is 0 Å². The maximum absolute atomic E-state index is 3.79. The number of rotatable bonds is 14. The van der Waals surface area contributed by atoms with Crippen LogP contribution in [0.2, 0.25) is 0 Å². The molecule has 0 heterocycles. The molecule has 0 radical (unpaired) electrons. The Morgan fingerprint density at radius 3 is 1.73 bits per heavy atom. The summed E-state index contributed by atoms with van der Waals surface area (Å²) in [5.74, 6) is 13.4. The molecule has 0 amide bonds. The summed E-state index contributed by atoms with van der Waals surface area (Å²) < 4.78 is 0. The van der Waals surface area contributed by atoms with E-state index in [0.29, 0.717) is 19.4 Å². The summed E-state index contributed by atoms with van der Waals surface area (Å²) >= 11 is 0. The molecule has 12 rings (SSSR count). The molecule has 0 spiro atoms. The zero-order valence-electron chi connectivity index (χ0n) is 47.0. The maximum atomic E-state index is 3.79. The summed E-state index contributed by atoms with van der Waals surface area (Å²) in [5, 5.41) is 0. The Balaban J connectivity index is 1.02. The van der Waals surface area contributed by atoms with Crippen molar-refractivity contribution in [2.75, 3.05) is 11.4 Å². The van der Waals surface area contributed by atoms with Crippen LogP contribution in [0.3, 0.4) is 0 Å². The lowest BCUT2D eigenvalue weighted by Gasteiger charge is -2.36. The number of hydrogen-bond donors (Lipinski definition) is 0. The van der Waals surface area contributed by atoms with E-state index in [-0.39, 0.29) is 0 Å². The van der Waals surface area contributed by atoms with Crippen molar-refractivity contribution >= 4 is 22.5 Å². The van der Waals surface area contributed by atoms with E-state index < -0.39 is 16.2 Å². The van der Waals surface area contributed by atoms with Crippen LogP contribution in [0.4, 0.5) is 11.4 Å². The largest absolute Gasteiger partial charge is 0.337 e. The van der Waals surface area contributed by atoms with Gasteiger partial charge in [0.15, 0.2) is 0 Å². The molecule has 2 unspecified atom stereocenters. The molecule has 81 heavy (non-hydrogen) atoms. The van der Waals surface area contributed by atoms with Crippen molar-refractivity contribution in [1.29, 1.82) is 0 Å². The highest BCUT2D eigenvalue weighted by Gasteiger charge is 2.49. The minimum Gasteiger partial charge on any atom is -0.337 e. The molecule has 0 saturated carbocycles. The quantitative estimate of drug-likeness (QED) is 0.0596. The third kappa shape index (κ3) is 8.46. The van der Waals surface area contributed by atoms with Gasteiger partial charge in [-0.15, -0.1) is 17.4 Å². The van der Waals surface area contributed by atoms with Crippen molar-refractivity contribution in [2.45, 2.75) is 70.1 Å². The average Bonchev–Trinajstić information content (AvgIpc) is 4.00. The van der Waals surface area contributed by atoms with E-state index in [1.54, 1.807) is 0 Å². The Morgan fingerprint density at radius 1 is 0.593 bits per heavy atom. The first-order valence-corrected chi connectivity index (χ1v) is 28.6. The summed E-state index contributed by atoms with van der Waals surface area (Å²) in [6.07, 6.45) is 19.7. The van der Waals surface area contributed by atoms with Crippen LogP contribution in [0, 0.1) is 23.7 Å². The minimum absolute atomic E-state index is 0.494. The van der Waals surface area contributed by atoms with E-state index in [1.807, 2.05) is 13.0 Å². The van der Waals surface area contributed by atoms with E-state index in [0.717, 1.165) is 23.4 Å². The number of fused-ring (bicyclic) bond motifs is 5. The first-order chi connectivity index (χ1) is 39.9. The van der Waals surface area contributed by atoms with Crippen LogP contribution in [0.1, 0.15) is 110 Å². The molecule has 0 fully saturated rings. The lowest BCUT2D eigenvalue weighted by atomic mass is 9.66. The predicted molar refractivity (Wildman–Crippen MR) is 340 cm³/mol. The average molecular weight is 1040 g/mol. The van der Waals surface area contributed by atoms with Gasteiger partial charge in [-0.05, 0) is 177 Å². The van der Waals surface area contributed by atoms with Gasteiger partial charge in [-0.3, -0.25) is 0 Å². The maximum Gasteiger partial charge on any atom is 0.0788 e. The summed E-state index contributed by atoms with van der Waals surface area (Å²) in [7, 11) is 0. The summed E-state index contributed by atoms with van der Waals surface area (Å²) in [5.41, 5.74) is 30.7. The number of benzene rings is 8. The van der Waals surface area contributed by atoms with Crippen LogP contribution in [0.15, 0.2) is 289 Å². The fourth-order valence-electron chi connectivity index (χ4n) is 14.0. The summed E-state index contributed by atoms with van der Waals surface area (Å²) in [4.78, 5) is 2.43. The molecule has 4 aliphatic carbocycles. The van der Waals surface area contributed by atoms with Crippen molar-refractivity contribution in [3.63, 3.8) is 0 Å². The second-order valence-electron chi connectivity index (χ2n) is 21.3. The van der Waals surface area contributed by atoms with Crippen LogP contribution in [-0.4, -0.2) is 6.54 Å². The fraction of sp³-hybridized carbons (Fsp3) is 0.150. The van der Waals surface area contributed by atoms with Gasteiger partial charge < -0.3 is 4.90 Å². The van der Waals surface area contributed by atoms with Crippen molar-refractivity contribution < 1.29 is 0 Å². The number of nitrogens with zero attached hydrogens (tertiary/aromatic N) is 1. The zero-order chi connectivity index (χ0) is 55.4. The van der Waals surface area contributed by atoms with Gasteiger partial charge in [0.1, 0.15) is 0 Å². The molecule has 8 aromatic carbocycles. The fourth-order valence-corrected chi connectivity index (χ4v) is 14.0. The van der Waals surface area contributed by atoms with E-state index in [9.17, 15) is 0 Å². The third-order valence-corrected chi connectivity index (χ3v) is 17.4. The van der Waals surface area contributed by atoms with Crippen LogP contribution in [0.25, 0.3) is 22.3 Å². The molecule has 1 nitrogen and oxygen atoms in total. The van der Waals surface area contributed by atoms with Gasteiger partial charge in [0.2, 0.25) is 0 Å². The molecular formula is C80H65N.